The van der Waals surface area contributed by atoms with Crippen LogP contribution in [0.3, 0.4) is 0 Å². The van der Waals surface area contributed by atoms with E-state index in [1.807, 2.05) is 0 Å². The third kappa shape index (κ3) is 3.44. The molecule has 0 spiro atoms. The molecule has 2 fully saturated rings. The van der Waals surface area contributed by atoms with Crippen LogP contribution in [0.2, 0.25) is 0 Å². The average molecular weight is 225 g/mol. The molecule has 2 aliphatic rings. The van der Waals surface area contributed by atoms with Gasteiger partial charge in [0.05, 0.1) is 0 Å². The second-order valence-corrected chi connectivity index (χ2v) is 5.69. The third-order valence-corrected chi connectivity index (χ3v) is 4.23. The minimum atomic E-state index is 0.800. The Balaban J connectivity index is 1.75. The second kappa shape index (κ2) is 5.99. The highest BCUT2D eigenvalue weighted by molar-refractivity contribution is 4.80. The van der Waals surface area contributed by atoms with Crippen molar-refractivity contribution in [2.45, 2.75) is 31.7 Å². The maximum absolute atomic E-state index is 3.45. The molecule has 3 heteroatoms. The van der Waals surface area contributed by atoms with Crippen molar-refractivity contribution in [3.8, 4) is 0 Å². The molecule has 2 aliphatic heterocycles. The molecule has 0 aromatic rings. The molecular formula is C13H27N3. The Morgan fingerprint density at radius 1 is 1.25 bits per heavy atom. The summed E-state index contributed by atoms with van der Waals surface area (Å²) in [5.74, 6) is 0.929. The second-order valence-electron chi connectivity index (χ2n) is 5.69. The van der Waals surface area contributed by atoms with Crippen LogP contribution in [-0.4, -0.2) is 62.7 Å². The van der Waals surface area contributed by atoms with E-state index in [-0.39, 0.29) is 0 Å². The molecule has 0 amide bonds. The number of rotatable bonds is 3. The van der Waals surface area contributed by atoms with Crippen molar-refractivity contribution in [2.24, 2.45) is 5.92 Å². The van der Waals surface area contributed by atoms with Crippen molar-refractivity contribution in [1.82, 2.24) is 15.1 Å². The maximum Gasteiger partial charge on any atom is 0.0220 e. The predicted octanol–water partition coefficient (Wildman–Crippen LogP) is 1.01. The van der Waals surface area contributed by atoms with Crippen molar-refractivity contribution < 1.29 is 0 Å². The van der Waals surface area contributed by atoms with E-state index in [0.29, 0.717) is 0 Å². The van der Waals surface area contributed by atoms with Crippen LogP contribution in [-0.2, 0) is 0 Å². The standard InChI is InChI=1S/C13H27N3/c1-15-9-3-4-13(11-15)16(2)10-12-5-7-14-8-6-12/h12-14H,3-11H2,1-2H3. The number of likely N-dealkylation sites (N-methyl/N-ethyl adjacent to an activating group) is 2. The van der Waals surface area contributed by atoms with Crippen LogP contribution in [0.4, 0.5) is 0 Å². The summed E-state index contributed by atoms with van der Waals surface area (Å²) >= 11 is 0. The van der Waals surface area contributed by atoms with Gasteiger partial charge < -0.3 is 15.1 Å². The summed E-state index contributed by atoms with van der Waals surface area (Å²) in [6, 6.07) is 0.800. The lowest BCUT2D eigenvalue weighted by Gasteiger charge is -2.38. The Morgan fingerprint density at radius 2 is 2.00 bits per heavy atom. The van der Waals surface area contributed by atoms with Gasteiger partial charge in [0.25, 0.3) is 0 Å². The zero-order chi connectivity index (χ0) is 11.4. The van der Waals surface area contributed by atoms with Gasteiger partial charge in [0.15, 0.2) is 0 Å². The van der Waals surface area contributed by atoms with Gasteiger partial charge in [-0.1, -0.05) is 0 Å². The van der Waals surface area contributed by atoms with Gasteiger partial charge in [0.1, 0.15) is 0 Å². The molecule has 2 heterocycles. The molecule has 0 aliphatic carbocycles. The highest BCUT2D eigenvalue weighted by Crippen LogP contribution is 2.18. The summed E-state index contributed by atoms with van der Waals surface area (Å²) in [7, 11) is 4.58. The van der Waals surface area contributed by atoms with Crippen molar-refractivity contribution in [1.29, 1.82) is 0 Å². The summed E-state index contributed by atoms with van der Waals surface area (Å²) < 4.78 is 0. The fourth-order valence-electron chi connectivity index (χ4n) is 3.12. The van der Waals surface area contributed by atoms with Gasteiger partial charge >= 0.3 is 0 Å². The molecular weight excluding hydrogens is 198 g/mol. The molecule has 0 aromatic carbocycles. The van der Waals surface area contributed by atoms with E-state index in [9.17, 15) is 0 Å². The van der Waals surface area contributed by atoms with Crippen LogP contribution in [0.5, 0.6) is 0 Å². The van der Waals surface area contributed by atoms with Gasteiger partial charge in [-0.25, -0.2) is 0 Å². The fraction of sp³-hybridized carbons (Fsp3) is 1.00. The predicted molar refractivity (Wildman–Crippen MR) is 68.7 cm³/mol. The highest BCUT2D eigenvalue weighted by Gasteiger charge is 2.23. The monoisotopic (exact) mass is 225 g/mol. The number of piperidine rings is 2. The van der Waals surface area contributed by atoms with Crippen LogP contribution < -0.4 is 5.32 Å². The summed E-state index contributed by atoms with van der Waals surface area (Å²) in [5, 5.41) is 3.45. The van der Waals surface area contributed by atoms with E-state index < -0.39 is 0 Å². The van der Waals surface area contributed by atoms with Crippen LogP contribution >= 0.6 is 0 Å². The first-order chi connectivity index (χ1) is 7.75. The van der Waals surface area contributed by atoms with E-state index in [1.165, 1.54) is 58.4 Å². The number of nitrogens with one attached hydrogen (secondary N) is 1. The first kappa shape index (κ1) is 12.3. The van der Waals surface area contributed by atoms with Crippen molar-refractivity contribution in [3.63, 3.8) is 0 Å². The number of hydrogen-bond acceptors (Lipinski definition) is 3. The van der Waals surface area contributed by atoms with Gasteiger partial charge in [0, 0.05) is 19.1 Å². The molecule has 1 unspecified atom stereocenters. The number of hydrogen-bond donors (Lipinski definition) is 1. The van der Waals surface area contributed by atoms with Crippen LogP contribution in [0, 0.1) is 5.92 Å². The van der Waals surface area contributed by atoms with Gasteiger partial charge in [-0.2, -0.15) is 0 Å². The van der Waals surface area contributed by atoms with Gasteiger partial charge in [0.2, 0.25) is 0 Å². The fourth-order valence-corrected chi connectivity index (χ4v) is 3.12. The largest absolute Gasteiger partial charge is 0.317 e. The minimum absolute atomic E-state index is 0.800. The van der Waals surface area contributed by atoms with Gasteiger partial charge in [-0.3, -0.25) is 0 Å². The van der Waals surface area contributed by atoms with Crippen molar-refractivity contribution in [2.75, 3.05) is 46.8 Å². The minimum Gasteiger partial charge on any atom is -0.317 e. The molecule has 1 N–H and O–H groups in total. The topological polar surface area (TPSA) is 18.5 Å². The molecule has 0 bridgehead atoms. The lowest BCUT2D eigenvalue weighted by atomic mass is 9.96. The van der Waals surface area contributed by atoms with E-state index in [1.54, 1.807) is 0 Å². The Kier molecular flexibility index (Phi) is 4.62. The smallest absolute Gasteiger partial charge is 0.0220 e. The Hall–Kier alpha value is -0.120. The Morgan fingerprint density at radius 3 is 2.69 bits per heavy atom. The van der Waals surface area contributed by atoms with Crippen molar-refractivity contribution >= 4 is 0 Å². The molecule has 2 rings (SSSR count). The molecule has 1 atom stereocenters. The highest BCUT2D eigenvalue weighted by atomic mass is 15.2. The van der Waals surface area contributed by atoms with E-state index in [2.05, 4.69) is 29.2 Å². The quantitative estimate of drug-likeness (QED) is 0.773. The average Bonchev–Trinajstić information content (AvgIpc) is 2.30. The van der Waals surface area contributed by atoms with Crippen LogP contribution in [0.15, 0.2) is 0 Å². The lowest BCUT2D eigenvalue weighted by molar-refractivity contribution is 0.113. The van der Waals surface area contributed by atoms with Crippen LogP contribution in [0.25, 0.3) is 0 Å². The number of nitrogens with zero attached hydrogens (tertiary/aromatic N) is 2. The van der Waals surface area contributed by atoms with Crippen LogP contribution in [0.1, 0.15) is 25.7 Å². The Labute approximate surface area is 100 Å². The normalized spacial score (nSPS) is 29.8. The van der Waals surface area contributed by atoms with Crippen molar-refractivity contribution in [3.05, 3.63) is 0 Å². The summed E-state index contributed by atoms with van der Waals surface area (Å²) in [5.41, 5.74) is 0. The first-order valence-electron chi connectivity index (χ1n) is 6.85. The summed E-state index contributed by atoms with van der Waals surface area (Å²) in [4.78, 5) is 5.10. The zero-order valence-electron chi connectivity index (χ0n) is 10.9. The van der Waals surface area contributed by atoms with E-state index in [4.69, 9.17) is 0 Å². The molecule has 0 saturated carbocycles. The van der Waals surface area contributed by atoms with Gasteiger partial charge in [-0.15, -0.1) is 0 Å². The SMILES string of the molecule is CN1CCCC(N(C)CC2CCNCC2)C1. The lowest BCUT2D eigenvalue weighted by Crippen LogP contribution is -2.47. The van der Waals surface area contributed by atoms with E-state index in [0.717, 1.165) is 12.0 Å². The summed E-state index contributed by atoms with van der Waals surface area (Å²) in [6.45, 7) is 6.31. The molecule has 3 nitrogen and oxygen atoms in total. The Bertz CT molecular complexity index is 201. The molecule has 16 heavy (non-hydrogen) atoms. The zero-order valence-corrected chi connectivity index (χ0v) is 10.9. The molecule has 2 saturated heterocycles. The molecule has 0 aromatic heterocycles. The first-order valence-corrected chi connectivity index (χ1v) is 6.85. The van der Waals surface area contributed by atoms with E-state index >= 15 is 0 Å². The molecule has 0 radical (unpaired) electrons. The summed E-state index contributed by atoms with van der Waals surface area (Å²) in [6.07, 6.45) is 5.50. The third-order valence-electron chi connectivity index (χ3n) is 4.23. The molecule has 94 valence electrons. The maximum atomic E-state index is 3.45. The number of likely N-dealkylation sites (tertiary alicyclic amines) is 1. The van der Waals surface area contributed by atoms with Gasteiger partial charge in [-0.05, 0) is 65.3 Å².